The summed E-state index contributed by atoms with van der Waals surface area (Å²) < 4.78 is 5.58. The number of ether oxygens (including phenoxy) is 1. The Morgan fingerprint density at radius 1 is 1.10 bits per heavy atom. The van der Waals surface area contributed by atoms with Crippen LogP contribution in [0.15, 0.2) is 54.1 Å². The Labute approximate surface area is 187 Å². The van der Waals surface area contributed by atoms with Crippen molar-refractivity contribution in [3.63, 3.8) is 0 Å². The number of aliphatic hydroxyl groups is 1. The fraction of sp³-hybridized carbons (Fsp3) is 0.333. The van der Waals surface area contributed by atoms with E-state index in [1.54, 1.807) is 48.5 Å². The molecule has 1 fully saturated rings. The summed E-state index contributed by atoms with van der Waals surface area (Å²) in [5.41, 5.74) is 1.24. The zero-order chi connectivity index (χ0) is 22.5. The normalized spacial score (nSPS) is 18.1. The van der Waals surface area contributed by atoms with E-state index < -0.39 is 17.7 Å². The lowest BCUT2D eigenvalue weighted by Crippen LogP contribution is -2.35. The molecule has 0 radical (unpaired) electrons. The average molecular weight is 443 g/mol. The van der Waals surface area contributed by atoms with Crippen LogP contribution in [0.2, 0.25) is 5.02 Å². The van der Waals surface area contributed by atoms with E-state index in [4.69, 9.17) is 16.3 Å². The van der Waals surface area contributed by atoms with Gasteiger partial charge in [-0.05, 0) is 62.5 Å². The summed E-state index contributed by atoms with van der Waals surface area (Å²) >= 11 is 6.03. The third-order valence-corrected chi connectivity index (χ3v) is 5.37. The Morgan fingerprint density at radius 2 is 1.74 bits per heavy atom. The molecule has 0 aliphatic carbocycles. The predicted octanol–water partition coefficient (Wildman–Crippen LogP) is 4.11. The first-order chi connectivity index (χ1) is 14.8. The molecule has 1 aliphatic rings. The van der Waals surface area contributed by atoms with E-state index in [2.05, 4.69) is 0 Å². The molecule has 1 heterocycles. The fourth-order valence-electron chi connectivity index (χ4n) is 3.49. The highest BCUT2D eigenvalue weighted by Crippen LogP contribution is 2.39. The van der Waals surface area contributed by atoms with Crippen molar-refractivity contribution in [1.29, 1.82) is 0 Å². The van der Waals surface area contributed by atoms with Crippen LogP contribution in [-0.2, 0) is 9.59 Å². The molecule has 1 atom stereocenters. The van der Waals surface area contributed by atoms with Crippen LogP contribution in [0.4, 0.5) is 0 Å². The van der Waals surface area contributed by atoms with Crippen molar-refractivity contribution in [1.82, 2.24) is 9.80 Å². The monoisotopic (exact) mass is 442 g/mol. The van der Waals surface area contributed by atoms with E-state index in [0.717, 1.165) is 6.42 Å². The minimum absolute atomic E-state index is 0.0771. The average Bonchev–Trinajstić information content (AvgIpc) is 3.01. The van der Waals surface area contributed by atoms with Crippen molar-refractivity contribution < 1.29 is 19.4 Å². The molecule has 1 N–H and O–H groups in total. The maximum Gasteiger partial charge on any atom is 0.295 e. The standard InChI is InChI=1S/C24H27ClN2O4/c1-4-15-31-19-11-7-17(8-12-19)22(28)20-21(16-5-9-18(25)10-6-16)27(14-13-26(2)3)24(30)23(20)29/h5-12,21,28H,4,13-15H2,1-3H3/b22-20+/t21-/m1/s1. The quantitative estimate of drug-likeness (QED) is 0.378. The number of likely N-dealkylation sites (tertiary alicyclic amines) is 1. The molecule has 164 valence electrons. The van der Waals surface area contributed by atoms with Crippen molar-refractivity contribution in [2.45, 2.75) is 19.4 Å². The van der Waals surface area contributed by atoms with E-state index in [-0.39, 0.29) is 11.3 Å². The zero-order valence-electron chi connectivity index (χ0n) is 18.0. The first kappa shape index (κ1) is 22.8. The number of Topliss-reactive ketones (excluding diaryl/α,β-unsaturated/α-hetero) is 1. The van der Waals surface area contributed by atoms with Gasteiger partial charge in [-0.1, -0.05) is 30.7 Å². The summed E-state index contributed by atoms with van der Waals surface area (Å²) in [5, 5.41) is 11.6. The van der Waals surface area contributed by atoms with Gasteiger partial charge in [0, 0.05) is 23.7 Å². The molecule has 2 aromatic rings. The number of nitrogens with zero attached hydrogens (tertiary/aromatic N) is 2. The SMILES string of the molecule is CCCOc1ccc(/C(O)=C2\C(=O)C(=O)N(CCN(C)C)[C@@H]2c2ccc(Cl)cc2)cc1. The summed E-state index contributed by atoms with van der Waals surface area (Å²) in [6, 6.07) is 13.1. The number of hydrogen-bond acceptors (Lipinski definition) is 5. The molecule has 2 aromatic carbocycles. The molecule has 6 nitrogen and oxygen atoms in total. The number of aliphatic hydroxyl groups excluding tert-OH is 1. The lowest BCUT2D eigenvalue weighted by atomic mass is 9.95. The van der Waals surface area contributed by atoms with Gasteiger partial charge >= 0.3 is 0 Å². The van der Waals surface area contributed by atoms with Gasteiger partial charge in [-0.25, -0.2) is 0 Å². The Hall–Kier alpha value is -2.83. The molecule has 0 aromatic heterocycles. The number of carbonyl (C=O) groups excluding carboxylic acids is 2. The van der Waals surface area contributed by atoms with Crippen molar-refractivity contribution in [2.24, 2.45) is 0 Å². The lowest BCUT2D eigenvalue weighted by Gasteiger charge is -2.26. The Bertz CT molecular complexity index is 968. The van der Waals surface area contributed by atoms with Gasteiger partial charge in [0.1, 0.15) is 11.5 Å². The summed E-state index contributed by atoms with van der Waals surface area (Å²) in [6.07, 6.45) is 0.888. The van der Waals surface area contributed by atoms with Gasteiger partial charge < -0.3 is 19.6 Å². The summed E-state index contributed by atoms with van der Waals surface area (Å²) in [6.45, 7) is 3.55. The number of hydrogen-bond donors (Lipinski definition) is 1. The predicted molar refractivity (Wildman–Crippen MR) is 121 cm³/mol. The first-order valence-electron chi connectivity index (χ1n) is 10.2. The van der Waals surface area contributed by atoms with E-state index in [1.807, 2.05) is 25.9 Å². The van der Waals surface area contributed by atoms with Crippen molar-refractivity contribution in [3.8, 4) is 5.75 Å². The topological polar surface area (TPSA) is 70.1 Å². The van der Waals surface area contributed by atoms with Crippen LogP contribution in [0.25, 0.3) is 5.76 Å². The fourth-order valence-corrected chi connectivity index (χ4v) is 3.62. The molecule has 0 spiro atoms. The molecule has 0 bridgehead atoms. The molecule has 1 saturated heterocycles. The summed E-state index contributed by atoms with van der Waals surface area (Å²) in [7, 11) is 3.80. The number of likely N-dealkylation sites (N-methyl/N-ethyl adjacent to an activating group) is 1. The number of halogens is 1. The molecular formula is C24H27ClN2O4. The highest BCUT2D eigenvalue weighted by molar-refractivity contribution is 6.46. The van der Waals surface area contributed by atoms with Crippen LogP contribution >= 0.6 is 11.6 Å². The Kier molecular flexibility index (Phi) is 7.36. The number of ketones is 1. The van der Waals surface area contributed by atoms with Crippen LogP contribution < -0.4 is 4.74 Å². The highest BCUT2D eigenvalue weighted by atomic mass is 35.5. The summed E-state index contributed by atoms with van der Waals surface area (Å²) in [4.78, 5) is 29.3. The maximum atomic E-state index is 13.0. The minimum Gasteiger partial charge on any atom is -0.507 e. The van der Waals surface area contributed by atoms with Crippen LogP contribution in [-0.4, -0.2) is 60.4 Å². The molecule has 1 amide bonds. The highest BCUT2D eigenvalue weighted by Gasteiger charge is 2.45. The molecule has 3 rings (SSSR count). The van der Waals surface area contributed by atoms with Gasteiger partial charge in [-0.3, -0.25) is 9.59 Å². The van der Waals surface area contributed by atoms with Gasteiger partial charge in [0.2, 0.25) is 0 Å². The van der Waals surface area contributed by atoms with Gasteiger partial charge in [-0.15, -0.1) is 0 Å². The van der Waals surface area contributed by atoms with Crippen molar-refractivity contribution in [3.05, 3.63) is 70.3 Å². The number of amides is 1. The smallest absolute Gasteiger partial charge is 0.295 e. The molecule has 1 aliphatic heterocycles. The van der Waals surface area contributed by atoms with E-state index >= 15 is 0 Å². The second kappa shape index (κ2) is 9.98. The molecule has 7 heteroatoms. The minimum atomic E-state index is -0.692. The molecule has 0 unspecified atom stereocenters. The lowest BCUT2D eigenvalue weighted by molar-refractivity contribution is -0.140. The summed E-state index contributed by atoms with van der Waals surface area (Å²) in [5.74, 6) is -0.833. The molecule has 31 heavy (non-hydrogen) atoms. The van der Waals surface area contributed by atoms with E-state index in [1.165, 1.54) is 4.90 Å². The van der Waals surface area contributed by atoms with Crippen LogP contribution in [0.3, 0.4) is 0 Å². The number of rotatable bonds is 8. The van der Waals surface area contributed by atoms with Crippen LogP contribution in [0, 0.1) is 0 Å². The van der Waals surface area contributed by atoms with Gasteiger partial charge in [0.25, 0.3) is 11.7 Å². The number of carbonyl (C=O) groups is 2. The van der Waals surface area contributed by atoms with Crippen molar-refractivity contribution >= 4 is 29.1 Å². The largest absolute Gasteiger partial charge is 0.507 e. The van der Waals surface area contributed by atoms with E-state index in [9.17, 15) is 14.7 Å². The second-order valence-electron chi connectivity index (χ2n) is 7.72. The van der Waals surface area contributed by atoms with E-state index in [0.29, 0.717) is 41.6 Å². The third-order valence-electron chi connectivity index (χ3n) is 5.11. The maximum absolute atomic E-state index is 13.0. The van der Waals surface area contributed by atoms with Crippen LogP contribution in [0.1, 0.15) is 30.5 Å². The Morgan fingerprint density at radius 3 is 2.32 bits per heavy atom. The third kappa shape index (κ3) is 5.09. The molecular weight excluding hydrogens is 416 g/mol. The second-order valence-corrected chi connectivity index (χ2v) is 8.16. The van der Waals surface area contributed by atoms with Gasteiger partial charge in [0.15, 0.2) is 0 Å². The van der Waals surface area contributed by atoms with Crippen LogP contribution in [0.5, 0.6) is 5.75 Å². The Balaban J connectivity index is 2.04. The van der Waals surface area contributed by atoms with Gasteiger partial charge in [-0.2, -0.15) is 0 Å². The number of benzene rings is 2. The zero-order valence-corrected chi connectivity index (χ0v) is 18.7. The van der Waals surface area contributed by atoms with Crippen molar-refractivity contribution in [2.75, 3.05) is 33.8 Å². The molecule has 0 saturated carbocycles. The van der Waals surface area contributed by atoms with Gasteiger partial charge in [0.05, 0.1) is 18.2 Å². The first-order valence-corrected chi connectivity index (χ1v) is 10.6.